The molecule has 3 N–H and O–H groups in total. The van der Waals surface area contributed by atoms with Crippen LogP contribution in [0.2, 0.25) is 0 Å². The van der Waals surface area contributed by atoms with Crippen molar-refractivity contribution < 1.29 is 34.4 Å². The summed E-state index contributed by atoms with van der Waals surface area (Å²) in [7, 11) is 0. The molecule has 1 atom stereocenters. The minimum atomic E-state index is -0.946. The number of aliphatic hydroxyl groups is 2. The van der Waals surface area contributed by atoms with Gasteiger partial charge in [-0.15, -0.1) is 0 Å². The third-order valence-electron chi connectivity index (χ3n) is 4.92. The summed E-state index contributed by atoms with van der Waals surface area (Å²) in [4.78, 5) is 26.7. The Kier molecular flexibility index (Phi) is 6.81. The Morgan fingerprint density at radius 2 is 1.71 bits per heavy atom. The van der Waals surface area contributed by atoms with Gasteiger partial charge in [0.25, 0.3) is 11.7 Å². The first-order valence-electron chi connectivity index (χ1n) is 10.0. The van der Waals surface area contributed by atoms with Gasteiger partial charge < -0.3 is 29.7 Å². The van der Waals surface area contributed by atoms with Gasteiger partial charge >= 0.3 is 0 Å². The summed E-state index contributed by atoms with van der Waals surface area (Å²) >= 11 is 0. The molecule has 3 rings (SSSR count). The van der Waals surface area contributed by atoms with Crippen LogP contribution in [0.15, 0.2) is 48.0 Å². The molecule has 1 aliphatic rings. The van der Waals surface area contributed by atoms with Gasteiger partial charge in [-0.05, 0) is 55.8 Å². The number of aromatic hydroxyl groups is 1. The molecule has 0 bridgehead atoms. The van der Waals surface area contributed by atoms with E-state index in [0.717, 1.165) is 0 Å². The number of nitrogens with zero attached hydrogens (tertiary/aromatic N) is 1. The molecular formula is C23H25NO7. The van der Waals surface area contributed by atoms with Crippen LogP contribution in [0.5, 0.6) is 17.2 Å². The number of aliphatic hydroxyl groups excluding tert-OH is 2. The Hall–Kier alpha value is -3.52. The van der Waals surface area contributed by atoms with E-state index in [1.54, 1.807) is 37.3 Å². The number of benzene rings is 2. The van der Waals surface area contributed by atoms with E-state index in [1.807, 2.05) is 6.92 Å². The zero-order valence-corrected chi connectivity index (χ0v) is 17.4. The first-order valence-corrected chi connectivity index (χ1v) is 10.0. The van der Waals surface area contributed by atoms with Crippen LogP contribution in [0, 0.1) is 0 Å². The van der Waals surface area contributed by atoms with Gasteiger partial charge in [-0.1, -0.05) is 6.07 Å². The highest BCUT2D eigenvalue weighted by Gasteiger charge is 2.46. The summed E-state index contributed by atoms with van der Waals surface area (Å²) in [6, 6.07) is 10.0. The highest BCUT2D eigenvalue weighted by Crippen LogP contribution is 2.41. The summed E-state index contributed by atoms with van der Waals surface area (Å²) < 4.78 is 10.8. The molecule has 1 heterocycles. The average Bonchev–Trinajstić information content (AvgIpc) is 3.01. The van der Waals surface area contributed by atoms with Gasteiger partial charge in [0.2, 0.25) is 0 Å². The minimum absolute atomic E-state index is 0.0868. The van der Waals surface area contributed by atoms with E-state index in [2.05, 4.69) is 0 Å². The molecule has 1 fully saturated rings. The smallest absolute Gasteiger partial charge is 0.295 e. The molecule has 8 heteroatoms. The van der Waals surface area contributed by atoms with E-state index in [4.69, 9.17) is 9.47 Å². The Labute approximate surface area is 180 Å². The number of carbonyl (C=O) groups excluding carboxylic acids is 2. The van der Waals surface area contributed by atoms with Crippen LogP contribution in [0.3, 0.4) is 0 Å². The number of hydrogen-bond acceptors (Lipinski definition) is 7. The number of likely N-dealkylation sites (tertiary alicyclic amines) is 1. The minimum Gasteiger partial charge on any atom is -0.507 e. The summed E-state index contributed by atoms with van der Waals surface area (Å²) in [5, 5.41) is 30.4. The van der Waals surface area contributed by atoms with Crippen molar-refractivity contribution >= 4 is 17.4 Å². The molecule has 1 saturated heterocycles. The molecule has 8 nitrogen and oxygen atoms in total. The highest BCUT2D eigenvalue weighted by molar-refractivity contribution is 6.46. The van der Waals surface area contributed by atoms with Crippen LogP contribution in [0.4, 0.5) is 0 Å². The van der Waals surface area contributed by atoms with Crippen LogP contribution < -0.4 is 9.47 Å². The maximum Gasteiger partial charge on any atom is 0.295 e. The molecule has 0 spiro atoms. The molecule has 164 valence electrons. The molecule has 1 amide bonds. The second-order valence-corrected chi connectivity index (χ2v) is 6.83. The number of β-amino-alcohol motifs (C(OH)–C–C–N with tert-alkyl or cyclic N) is 1. The zero-order chi connectivity index (χ0) is 22.5. The standard InChI is InChI=1S/C23H25NO7/c1-3-30-16-8-5-14(6-9-16)21(27)19-20(24(11-12-25)23(29)22(19)28)15-7-10-17(26)18(13-15)31-4-2/h5-10,13,20,25-27H,3-4,11-12H2,1-2H3/b21-19-. The predicted octanol–water partition coefficient (Wildman–Crippen LogP) is 2.60. The first-order chi connectivity index (χ1) is 14.9. The molecular weight excluding hydrogens is 402 g/mol. The van der Waals surface area contributed by atoms with E-state index >= 15 is 0 Å². The lowest BCUT2D eigenvalue weighted by Gasteiger charge is -2.25. The fourth-order valence-electron chi connectivity index (χ4n) is 3.57. The quantitative estimate of drug-likeness (QED) is 0.337. The van der Waals surface area contributed by atoms with Crippen LogP contribution in [0.25, 0.3) is 5.76 Å². The molecule has 0 aliphatic carbocycles. The van der Waals surface area contributed by atoms with Crippen LogP contribution in [0.1, 0.15) is 31.0 Å². The van der Waals surface area contributed by atoms with Gasteiger partial charge in [-0.3, -0.25) is 9.59 Å². The summed E-state index contributed by atoms with van der Waals surface area (Å²) in [5.41, 5.74) is 0.705. The van der Waals surface area contributed by atoms with Gasteiger partial charge in [0.1, 0.15) is 11.5 Å². The Bertz CT molecular complexity index is 997. The molecule has 1 aliphatic heterocycles. The maximum atomic E-state index is 12.8. The Morgan fingerprint density at radius 1 is 1.03 bits per heavy atom. The Balaban J connectivity index is 2.14. The predicted molar refractivity (Wildman–Crippen MR) is 113 cm³/mol. The molecule has 0 saturated carbocycles. The first kappa shape index (κ1) is 22.2. The van der Waals surface area contributed by atoms with E-state index < -0.39 is 17.7 Å². The summed E-state index contributed by atoms with van der Waals surface area (Å²) in [5.74, 6) is -1.30. The number of phenols is 1. The maximum absolute atomic E-state index is 12.8. The van der Waals surface area contributed by atoms with E-state index in [9.17, 15) is 24.9 Å². The van der Waals surface area contributed by atoms with Gasteiger partial charge in [0, 0.05) is 12.1 Å². The number of amides is 1. The third-order valence-corrected chi connectivity index (χ3v) is 4.92. The molecule has 2 aromatic carbocycles. The second-order valence-electron chi connectivity index (χ2n) is 6.83. The monoisotopic (exact) mass is 427 g/mol. The fraction of sp³-hybridized carbons (Fsp3) is 0.304. The number of Topliss-reactive ketones (excluding diaryl/α,β-unsaturated/α-hetero) is 1. The van der Waals surface area contributed by atoms with Crippen molar-refractivity contribution in [3.63, 3.8) is 0 Å². The molecule has 0 radical (unpaired) electrons. The van der Waals surface area contributed by atoms with Gasteiger partial charge in [0.15, 0.2) is 11.5 Å². The molecule has 31 heavy (non-hydrogen) atoms. The average molecular weight is 427 g/mol. The van der Waals surface area contributed by atoms with Crippen LogP contribution in [-0.2, 0) is 9.59 Å². The van der Waals surface area contributed by atoms with Gasteiger partial charge in [-0.25, -0.2) is 0 Å². The van der Waals surface area contributed by atoms with E-state index in [1.165, 1.54) is 17.0 Å². The summed E-state index contributed by atoms with van der Waals surface area (Å²) in [6.07, 6.45) is 0. The van der Waals surface area contributed by atoms with Crippen molar-refractivity contribution in [3.8, 4) is 17.2 Å². The highest BCUT2D eigenvalue weighted by atomic mass is 16.5. The van der Waals surface area contributed by atoms with E-state index in [-0.39, 0.29) is 36.0 Å². The zero-order valence-electron chi connectivity index (χ0n) is 17.4. The lowest BCUT2D eigenvalue weighted by Crippen LogP contribution is -2.32. The number of hydrogen-bond donors (Lipinski definition) is 3. The topological polar surface area (TPSA) is 117 Å². The van der Waals surface area contributed by atoms with Crippen molar-refractivity contribution in [2.75, 3.05) is 26.4 Å². The molecule has 1 unspecified atom stereocenters. The third kappa shape index (κ3) is 4.34. The lowest BCUT2D eigenvalue weighted by atomic mass is 9.95. The molecule has 2 aromatic rings. The second kappa shape index (κ2) is 9.53. The van der Waals surface area contributed by atoms with Crippen LogP contribution >= 0.6 is 0 Å². The van der Waals surface area contributed by atoms with Gasteiger partial charge in [0.05, 0.1) is 31.4 Å². The fourth-order valence-corrected chi connectivity index (χ4v) is 3.57. The van der Waals surface area contributed by atoms with Crippen molar-refractivity contribution in [3.05, 3.63) is 59.2 Å². The van der Waals surface area contributed by atoms with Crippen LogP contribution in [-0.4, -0.2) is 58.3 Å². The van der Waals surface area contributed by atoms with Crippen molar-refractivity contribution in [2.45, 2.75) is 19.9 Å². The number of rotatable bonds is 8. The van der Waals surface area contributed by atoms with E-state index in [0.29, 0.717) is 30.1 Å². The SMILES string of the molecule is CCOc1ccc(/C(O)=C2/C(=O)C(=O)N(CCO)C2c2ccc(O)c(OCC)c2)cc1. The summed E-state index contributed by atoms with van der Waals surface area (Å²) in [6.45, 7) is 3.95. The number of ketones is 1. The molecule has 0 aromatic heterocycles. The normalized spacial score (nSPS) is 17.8. The van der Waals surface area contributed by atoms with Crippen molar-refractivity contribution in [1.82, 2.24) is 4.90 Å². The number of phenolic OH excluding ortho intramolecular Hbond substituents is 1. The lowest BCUT2D eigenvalue weighted by molar-refractivity contribution is -0.140. The van der Waals surface area contributed by atoms with Crippen molar-refractivity contribution in [2.24, 2.45) is 0 Å². The Morgan fingerprint density at radius 3 is 2.32 bits per heavy atom. The van der Waals surface area contributed by atoms with Crippen molar-refractivity contribution in [1.29, 1.82) is 0 Å². The largest absolute Gasteiger partial charge is 0.507 e. The number of carbonyl (C=O) groups is 2. The van der Waals surface area contributed by atoms with Gasteiger partial charge in [-0.2, -0.15) is 0 Å². The number of ether oxygens (including phenoxy) is 2.